The van der Waals surface area contributed by atoms with E-state index in [9.17, 15) is 9.18 Å². The van der Waals surface area contributed by atoms with E-state index in [1.807, 2.05) is 6.92 Å². The number of benzene rings is 1. The standard InChI is InChI=1S/C14H21FN2O2/c1-9(16)7-8-13(18)17-10(2)14-11(15)5-4-6-12(14)19-3/h4-6,9-10H,7-8,16H2,1-3H3,(H,17,18). The van der Waals surface area contributed by atoms with Gasteiger partial charge in [-0.25, -0.2) is 4.39 Å². The highest BCUT2D eigenvalue weighted by Gasteiger charge is 2.18. The monoisotopic (exact) mass is 268 g/mol. The number of halogens is 1. The van der Waals surface area contributed by atoms with Crippen LogP contribution in [0.2, 0.25) is 0 Å². The summed E-state index contributed by atoms with van der Waals surface area (Å²) in [7, 11) is 1.48. The van der Waals surface area contributed by atoms with Gasteiger partial charge < -0.3 is 15.8 Å². The van der Waals surface area contributed by atoms with Crippen molar-refractivity contribution >= 4 is 5.91 Å². The molecule has 0 aliphatic rings. The number of carbonyl (C=O) groups is 1. The zero-order valence-corrected chi connectivity index (χ0v) is 11.6. The van der Waals surface area contributed by atoms with Gasteiger partial charge in [0.05, 0.1) is 18.7 Å². The number of hydrogen-bond donors (Lipinski definition) is 2. The summed E-state index contributed by atoms with van der Waals surface area (Å²) in [6.07, 6.45) is 0.936. The Morgan fingerprint density at radius 3 is 2.74 bits per heavy atom. The third-order valence-corrected chi connectivity index (χ3v) is 2.87. The highest BCUT2D eigenvalue weighted by Crippen LogP contribution is 2.27. The molecule has 0 bridgehead atoms. The number of rotatable bonds is 6. The van der Waals surface area contributed by atoms with Crippen LogP contribution in [0.25, 0.3) is 0 Å². The van der Waals surface area contributed by atoms with Crippen LogP contribution in [0.15, 0.2) is 18.2 Å². The summed E-state index contributed by atoms with van der Waals surface area (Å²) in [4.78, 5) is 11.7. The lowest BCUT2D eigenvalue weighted by molar-refractivity contribution is -0.121. The Morgan fingerprint density at radius 1 is 1.47 bits per heavy atom. The molecule has 106 valence electrons. The molecule has 0 saturated carbocycles. The van der Waals surface area contributed by atoms with Crippen LogP contribution in [-0.2, 0) is 4.79 Å². The van der Waals surface area contributed by atoms with Gasteiger partial charge in [0.2, 0.25) is 5.91 Å². The highest BCUT2D eigenvalue weighted by atomic mass is 19.1. The highest BCUT2D eigenvalue weighted by molar-refractivity contribution is 5.76. The largest absolute Gasteiger partial charge is 0.496 e. The molecule has 0 aromatic heterocycles. The number of hydrogen-bond acceptors (Lipinski definition) is 3. The van der Waals surface area contributed by atoms with Gasteiger partial charge in [0, 0.05) is 12.5 Å². The smallest absolute Gasteiger partial charge is 0.220 e. The van der Waals surface area contributed by atoms with Gasteiger partial charge in [0.25, 0.3) is 0 Å². The normalized spacial score (nSPS) is 13.7. The van der Waals surface area contributed by atoms with Crippen molar-refractivity contribution in [2.75, 3.05) is 7.11 Å². The molecule has 2 unspecified atom stereocenters. The summed E-state index contributed by atoms with van der Waals surface area (Å²) in [5.41, 5.74) is 5.95. The number of ether oxygens (including phenoxy) is 1. The molecule has 4 nitrogen and oxygen atoms in total. The van der Waals surface area contributed by atoms with Gasteiger partial charge in [-0.15, -0.1) is 0 Å². The molecule has 1 amide bonds. The summed E-state index contributed by atoms with van der Waals surface area (Å²) in [5.74, 6) is -0.102. The van der Waals surface area contributed by atoms with Crippen molar-refractivity contribution < 1.29 is 13.9 Å². The maximum absolute atomic E-state index is 13.8. The molecule has 19 heavy (non-hydrogen) atoms. The quantitative estimate of drug-likeness (QED) is 0.830. The minimum Gasteiger partial charge on any atom is -0.496 e. The number of methoxy groups -OCH3 is 1. The Balaban J connectivity index is 2.72. The van der Waals surface area contributed by atoms with Crippen LogP contribution in [-0.4, -0.2) is 19.1 Å². The molecule has 0 aliphatic carbocycles. The fourth-order valence-electron chi connectivity index (χ4n) is 1.86. The third-order valence-electron chi connectivity index (χ3n) is 2.87. The number of carbonyl (C=O) groups excluding carboxylic acids is 1. The second-order valence-electron chi connectivity index (χ2n) is 4.66. The lowest BCUT2D eigenvalue weighted by Gasteiger charge is -2.18. The van der Waals surface area contributed by atoms with Gasteiger partial charge in [-0.2, -0.15) is 0 Å². The van der Waals surface area contributed by atoms with Crippen molar-refractivity contribution in [3.8, 4) is 5.75 Å². The van der Waals surface area contributed by atoms with Crippen LogP contribution in [0, 0.1) is 5.82 Å². The first-order chi connectivity index (χ1) is 8.95. The second kappa shape index (κ2) is 7.09. The van der Waals surface area contributed by atoms with Crippen molar-refractivity contribution in [1.82, 2.24) is 5.32 Å². The van der Waals surface area contributed by atoms with Crippen LogP contribution in [0.3, 0.4) is 0 Å². The van der Waals surface area contributed by atoms with Gasteiger partial charge in [-0.1, -0.05) is 6.07 Å². The minimum absolute atomic E-state index is 0.0240. The molecule has 2 atom stereocenters. The maximum Gasteiger partial charge on any atom is 0.220 e. The number of amides is 1. The molecule has 1 aromatic carbocycles. The topological polar surface area (TPSA) is 64.3 Å². The van der Waals surface area contributed by atoms with Crippen LogP contribution >= 0.6 is 0 Å². The van der Waals surface area contributed by atoms with E-state index in [1.165, 1.54) is 13.2 Å². The third kappa shape index (κ3) is 4.52. The Bertz CT molecular complexity index is 435. The summed E-state index contributed by atoms with van der Waals surface area (Å²) in [5, 5.41) is 2.75. The Morgan fingerprint density at radius 2 is 2.16 bits per heavy atom. The van der Waals surface area contributed by atoms with E-state index in [2.05, 4.69) is 5.32 Å². The zero-order valence-electron chi connectivity index (χ0n) is 11.6. The van der Waals surface area contributed by atoms with Gasteiger partial charge in [0.1, 0.15) is 11.6 Å². The van der Waals surface area contributed by atoms with Crippen molar-refractivity contribution in [3.05, 3.63) is 29.6 Å². The molecule has 0 saturated heterocycles. The lowest BCUT2D eigenvalue weighted by atomic mass is 10.1. The Hall–Kier alpha value is -1.62. The minimum atomic E-state index is -0.447. The molecular formula is C14H21FN2O2. The molecule has 0 fully saturated rings. The molecule has 1 aromatic rings. The first-order valence-electron chi connectivity index (χ1n) is 6.33. The second-order valence-corrected chi connectivity index (χ2v) is 4.66. The maximum atomic E-state index is 13.8. The van der Waals surface area contributed by atoms with Gasteiger partial charge in [0.15, 0.2) is 0 Å². The van der Waals surface area contributed by atoms with E-state index in [1.54, 1.807) is 19.1 Å². The van der Waals surface area contributed by atoms with Crippen molar-refractivity contribution in [2.45, 2.75) is 38.8 Å². The van der Waals surface area contributed by atoms with E-state index in [-0.39, 0.29) is 17.8 Å². The number of nitrogens with two attached hydrogens (primary N) is 1. The van der Waals surface area contributed by atoms with Gasteiger partial charge in [-0.3, -0.25) is 4.79 Å². The fourth-order valence-corrected chi connectivity index (χ4v) is 1.86. The molecule has 0 heterocycles. The molecular weight excluding hydrogens is 247 g/mol. The first kappa shape index (κ1) is 15.4. The Kier molecular flexibility index (Phi) is 5.76. The predicted molar refractivity (Wildman–Crippen MR) is 72.4 cm³/mol. The summed E-state index contributed by atoms with van der Waals surface area (Å²) < 4.78 is 18.9. The SMILES string of the molecule is COc1cccc(F)c1C(C)NC(=O)CCC(C)N. The van der Waals surface area contributed by atoms with E-state index >= 15 is 0 Å². The van der Waals surface area contributed by atoms with E-state index < -0.39 is 6.04 Å². The fraction of sp³-hybridized carbons (Fsp3) is 0.500. The Labute approximate surface area is 113 Å². The van der Waals surface area contributed by atoms with Crippen molar-refractivity contribution in [1.29, 1.82) is 0 Å². The molecule has 0 spiro atoms. The molecule has 0 aliphatic heterocycles. The summed E-state index contributed by atoms with van der Waals surface area (Å²) >= 11 is 0. The average Bonchev–Trinajstić information content (AvgIpc) is 2.35. The van der Waals surface area contributed by atoms with Gasteiger partial charge >= 0.3 is 0 Å². The molecule has 1 rings (SSSR count). The average molecular weight is 268 g/mol. The summed E-state index contributed by atoms with van der Waals surface area (Å²) in [6, 6.07) is 4.12. The predicted octanol–water partition coefficient (Wildman–Crippen LogP) is 2.14. The van der Waals surface area contributed by atoms with Crippen LogP contribution in [0.1, 0.15) is 38.3 Å². The zero-order chi connectivity index (χ0) is 14.4. The van der Waals surface area contributed by atoms with Crippen molar-refractivity contribution in [2.24, 2.45) is 5.73 Å². The van der Waals surface area contributed by atoms with E-state index in [4.69, 9.17) is 10.5 Å². The lowest BCUT2D eigenvalue weighted by Crippen LogP contribution is -2.29. The van der Waals surface area contributed by atoms with Crippen LogP contribution in [0.4, 0.5) is 4.39 Å². The molecule has 5 heteroatoms. The van der Waals surface area contributed by atoms with E-state index in [0.717, 1.165) is 0 Å². The van der Waals surface area contributed by atoms with Crippen LogP contribution in [0.5, 0.6) is 5.75 Å². The number of nitrogens with one attached hydrogen (secondary N) is 1. The summed E-state index contributed by atoms with van der Waals surface area (Å²) in [6.45, 7) is 3.57. The van der Waals surface area contributed by atoms with Gasteiger partial charge in [-0.05, 0) is 32.4 Å². The van der Waals surface area contributed by atoms with Crippen molar-refractivity contribution in [3.63, 3.8) is 0 Å². The van der Waals surface area contributed by atoms with Crippen LogP contribution < -0.4 is 15.8 Å². The van der Waals surface area contributed by atoms with E-state index in [0.29, 0.717) is 24.2 Å². The molecule has 0 radical (unpaired) electrons. The molecule has 3 N–H and O–H groups in total. The first-order valence-corrected chi connectivity index (χ1v) is 6.33.